The molecule has 0 aliphatic rings. The van der Waals surface area contributed by atoms with Crippen LogP contribution in [0.1, 0.15) is 23.0 Å². The van der Waals surface area contributed by atoms with Crippen molar-refractivity contribution >= 4 is 29.6 Å². The van der Waals surface area contributed by atoms with E-state index in [1.54, 1.807) is 30.1 Å². The summed E-state index contributed by atoms with van der Waals surface area (Å²) in [5.74, 6) is -0.351. The monoisotopic (exact) mass is 315 g/mol. The van der Waals surface area contributed by atoms with Crippen LogP contribution in [0.2, 0.25) is 0 Å². The van der Waals surface area contributed by atoms with E-state index in [0.29, 0.717) is 17.1 Å². The summed E-state index contributed by atoms with van der Waals surface area (Å²) in [6.45, 7) is 2.13. The molecule has 6 heteroatoms. The van der Waals surface area contributed by atoms with Crippen molar-refractivity contribution in [2.24, 2.45) is 17.3 Å². The van der Waals surface area contributed by atoms with Gasteiger partial charge in [0.15, 0.2) is 0 Å². The van der Waals surface area contributed by atoms with Crippen molar-refractivity contribution in [3.8, 4) is 0 Å². The van der Waals surface area contributed by atoms with Gasteiger partial charge in [-0.3, -0.25) is 0 Å². The standard InChI is InChI=1S/C16H17N3O2S/c1-3-21-15(20)14-12-22-16(19(14)2)18-17-11-7-10-13-8-5-4-6-9-13/h4-12H,3H2,1-2H3/b10-7+,17-11-,18-16-. The summed E-state index contributed by atoms with van der Waals surface area (Å²) in [5, 5.41) is 9.79. The summed E-state index contributed by atoms with van der Waals surface area (Å²) in [7, 11) is 1.76. The van der Waals surface area contributed by atoms with Crippen molar-refractivity contribution in [2.75, 3.05) is 6.61 Å². The van der Waals surface area contributed by atoms with Gasteiger partial charge in [-0.15, -0.1) is 16.4 Å². The lowest BCUT2D eigenvalue weighted by atomic mass is 10.2. The highest BCUT2D eigenvalue weighted by molar-refractivity contribution is 7.07. The van der Waals surface area contributed by atoms with E-state index in [0.717, 1.165) is 5.56 Å². The lowest BCUT2D eigenvalue weighted by Gasteiger charge is -2.01. The summed E-state index contributed by atoms with van der Waals surface area (Å²) < 4.78 is 6.64. The van der Waals surface area contributed by atoms with Crippen LogP contribution in [0.25, 0.3) is 6.08 Å². The van der Waals surface area contributed by atoms with Gasteiger partial charge >= 0.3 is 5.97 Å². The molecule has 114 valence electrons. The number of allylic oxidation sites excluding steroid dienone is 1. The van der Waals surface area contributed by atoms with Gasteiger partial charge in [0.2, 0.25) is 4.80 Å². The Morgan fingerprint density at radius 3 is 2.86 bits per heavy atom. The summed E-state index contributed by atoms with van der Waals surface area (Å²) in [6.07, 6.45) is 5.37. The first kappa shape index (κ1) is 15.9. The number of aromatic nitrogens is 1. The summed E-state index contributed by atoms with van der Waals surface area (Å²) in [5.41, 5.74) is 1.57. The van der Waals surface area contributed by atoms with Gasteiger partial charge < -0.3 is 9.30 Å². The van der Waals surface area contributed by atoms with Crippen molar-refractivity contribution in [1.29, 1.82) is 0 Å². The lowest BCUT2D eigenvalue weighted by molar-refractivity contribution is 0.0515. The van der Waals surface area contributed by atoms with Gasteiger partial charge in [0, 0.05) is 18.6 Å². The van der Waals surface area contributed by atoms with Gasteiger partial charge in [-0.2, -0.15) is 5.10 Å². The molecule has 1 aromatic heterocycles. The number of ether oxygens (including phenoxy) is 1. The van der Waals surface area contributed by atoms with Gasteiger partial charge in [-0.05, 0) is 18.6 Å². The van der Waals surface area contributed by atoms with Gasteiger partial charge in [-0.25, -0.2) is 4.79 Å². The molecule has 0 aliphatic carbocycles. The maximum Gasteiger partial charge on any atom is 0.355 e. The summed E-state index contributed by atoms with van der Waals surface area (Å²) >= 11 is 1.34. The number of carbonyl (C=O) groups excluding carboxylic acids is 1. The minimum absolute atomic E-state index is 0.351. The molecule has 22 heavy (non-hydrogen) atoms. The Bertz CT molecular complexity index is 742. The molecule has 0 unspecified atom stereocenters. The van der Waals surface area contributed by atoms with Crippen molar-refractivity contribution in [2.45, 2.75) is 6.92 Å². The smallest absolute Gasteiger partial charge is 0.355 e. The van der Waals surface area contributed by atoms with Crippen LogP contribution in [0.15, 0.2) is 52.0 Å². The minimum Gasteiger partial charge on any atom is -0.461 e. The predicted molar refractivity (Wildman–Crippen MR) is 88.8 cm³/mol. The number of hydrogen-bond acceptors (Lipinski definition) is 5. The highest BCUT2D eigenvalue weighted by Crippen LogP contribution is 2.02. The highest BCUT2D eigenvalue weighted by atomic mass is 32.1. The Morgan fingerprint density at radius 1 is 1.36 bits per heavy atom. The normalized spacial score (nSPS) is 12.4. The third-order valence-corrected chi connectivity index (χ3v) is 3.70. The van der Waals surface area contributed by atoms with Crippen LogP contribution in [0.5, 0.6) is 0 Å². The summed E-state index contributed by atoms with van der Waals surface area (Å²) in [4.78, 5) is 12.3. The molecule has 1 heterocycles. The number of carbonyl (C=O) groups is 1. The first-order valence-electron chi connectivity index (χ1n) is 6.82. The molecular formula is C16H17N3O2S. The highest BCUT2D eigenvalue weighted by Gasteiger charge is 2.11. The van der Waals surface area contributed by atoms with E-state index in [1.807, 2.05) is 42.5 Å². The van der Waals surface area contributed by atoms with E-state index >= 15 is 0 Å². The minimum atomic E-state index is -0.351. The second-order valence-electron chi connectivity index (χ2n) is 4.32. The first-order valence-corrected chi connectivity index (χ1v) is 7.70. The Hall–Kier alpha value is -2.47. The zero-order valence-corrected chi connectivity index (χ0v) is 13.3. The quantitative estimate of drug-likeness (QED) is 0.484. The van der Waals surface area contributed by atoms with Gasteiger partial charge in [0.25, 0.3) is 0 Å². The molecule has 0 radical (unpaired) electrons. The van der Waals surface area contributed by atoms with E-state index in [9.17, 15) is 4.79 Å². The maximum atomic E-state index is 11.7. The second kappa shape index (κ2) is 8.09. The summed E-state index contributed by atoms with van der Waals surface area (Å²) in [6, 6.07) is 9.94. The molecule has 0 atom stereocenters. The van der Waals surface area contributed by atoms with Gasteiger partial charge in [-0.1, -0.05) is 36.4 Å². The predicted octanol–water partition coefficient (Wildman–Crippen LogP) is 2.86. The van der Waals surface area contributed by atoms with Crippen LogP contribution in [0.3, 0.4) is 0 Å². The van der Waals surface area contributed by atoms with Crippen LogP contribution in [-0.4, -0.2) is 23.4 Å². The number of nitrogens with zero attached hydrogens (tertiary/aromatic N) is 3. The van der Waals surface area contributed by atoms with Gasteiger partial charge in [0.1, 0.15) is 5.69 Å². The number of benzene rings is 1. The van der Waals surface area contributed by atoms with Crippen LogP contribution >= 0.6 is 11.3 Å². The zero-order chi connectivity index (χ0) is 15.8. The van der Waals surface area contributed by atoms with Crippen LogP contribution in [0.4, 0.5) is 0 Å². The molecule has 0 saturated carbocycles. The number of hydrogen-bond donors (Lipinski definition) is 0. The molecule has 0 aliphatic heterocycles. The maximum absolute atomic E-state index is 11.7. The number of thiazole rings is 1. The Labute approximate surface area is 132 Å². The van der Waals surface area contributed by atoms with E-state index in [2.05, 4.69) is 10.2 Å². The second-order valence-corrected chi connectivity index (χ2v) is 5.15. The fourth-order valence-electron chi connectivity index (χ4n) is 1.69. The molecule has 1 aromatic carbocycles. The lowest BCUT2D eigenvalue weighted by Crippen LogP contribution is -2.17. The van der Waals surface area contributed by atoms with E-state index in [4.69, 9.17) is 4.74 Å². The van der Waals surface area contributed by atoms with Crippen molar-refractivity contribution < 1.29 is 9.53 Å². The molecule has 0 spiro atoms. The van der Waals surface area contributed by atoms with E-state index < -0.39 is 0 Å². The number of esters is 1. The molecule has 0 bridgehead atoms. The largest absolute Gasteiger partial charge is 0.461 e. The van der Waals surface area contributed by atoms with Crippen molar-refractivity contribution in [1.82, 2.24) is 4.57 Å². The third-order valence-electron chi connectivity index (χ3n) is 2.79. The SMILES string of the molecule is CCOC(=O)c1cs\c(=N/N=C\C=C\c2ccccc2)n1C. The first-order chi connectivity index (χ1) is 10.7. The van der Waals surface area contributed by atoms with E-state index in [1.165, 1.54) is 11.3 Å². The number of rotatable bonds is 5. The van der Waals surface area contributed by atoms with Crippen molar-refractivity contribution in [3.05, 3.63) is 57.8 Å². The molecular weight excluding hydrogens is 298 g/mol. The Morgan fingerprint density at radius 2 is 2.14 bits per heavy atom. The van der Waals surface area contributed by atoms with Gasteiger partial charge in [0.05, 0.1) is 6.61 Å². The average molecular weight is 315 g/mol. The molecule has 0 saturated heterocycles. The van der Waals surface area contributed by atoms with Crippen LogP contribution in [0, 0.1) is 0 Å². The Kier molecular flexibility index (Phi) is 5.85. The Balaban J connectivity index is 2.06. The average Bonchev–Trinajstić information content (AvgIpc) is 2.89. The van der Waals surface area contributed by atoms with E-state index in [-0.39, 0.29) is 5.97 Å². The van der Waals surface area contributed by atoms with Crippen LogP contribution in [-0.2, 0) is 11.8 Å². The van der Waals surface area contributed by atoms with Crippen LogP contribution < -0.4 is 4.80 Å². The topological polar surface area (TPSA) is 55.9 Å². The molecule has 0 fully saturated rings. The molecule has 0 N–H and O–H groups in total. The fraction of sp³-hybridized carbons (Fsp3) is 0.188. The molecule has 5 nitrogen and oxygen atoms in total. The molecule has 2 aromatic rings. The molecule has 2 rings (SSSR count). The fourth-order valence-corrected chi connectivity index (χ4v) is 2.51. The van der Waals surface area contributed by atoms with Crippen molar-refractivity contribution in [3.63, 3.8) is 0 Å². The zero-order valence-electron chi connectivity index (χ0n) is 12.5. The third kappa shape index (κ3) is 4.26. The molecule has 0 amide bonds.